The van der Waals surface area contributed by atoms with Crippen LogP contribution in [0.15, 0.2) is 0 Å². The minimum atomic E-state index is -0.615. The lowest BCUT2D eigenvalue weighted by molar-refractivity contribution is 0.116. The van der Waals surface area contributed by atoms with Gasteiger partial charge in [0, 0.05) is 0 Å². The third-order valence-corrected chi connectivity index (χ3v) is 2.18. The number of hydrogen-bond acceptors (Lipinski definition) is 2. The standard InChI is InChI=1S/C11H23O2/c1-2-3-4-5-6-7-8-9-11(13)10-12/h9,11-13H,2-8,10H2,1H3. The van der Waals surface area contributed by atoms with Crippen molar-refractivity contribution >= 4 is 0 Å². The second-order valence-corrected chi connectivity index (χ2v) is 3.54. The molecule has 0 rings (SSSR count). The van der Waals surface area contributed by atoms with Crippen molar-refractivity contribution in [3.8, 4) is 0 Å². The first-order chi connectivity index (χ1) is 6.31. The highest BCUT2D eigenvalue weighted by molar-refractivity contribution is 4.73. The largest absolute Gasteiger partial charge is 0.394 e. The molecular weight excluding hydrogens is 164 g/mol. The molecule has 0 fully saturated rings. The summed E-state index contributed by atoms with van der Waals surface area (Å²) in [7, 11) is 0. The van der Waals surface area contributed by atoms with Crippen LogP contribution in [0.4, 0.5) is 0 Å². The van der Waals surface area contributed by atoms with E-state index in [1.165, 1.54) is 32.1 Å². The summed E-state index contributed by atoms with van der Waals surface area (Å²) in [6, 6.07) is 0. The molecule has 0 saturated heterocycles. The van der Waals surface area contributed by atoms with Crippen LogP contribution in [0.25, 0.3) is 0 Å². The second kappa shape index (κ2) is 10.0. The third kappa shape index (κ3) is 9.84. The molecule has 0 aliphatic carbocycles. The van der Waals surface area contributed by atoms with Gasteiger partial charge in [-0.3, -0.25) is 0 Å². The average Bonchev–Trinajstić information content (AvgIpc) is 2.16. The fourth-order valence-corrected chi connectivity index (χ4v) is 1.31. The minimum Gasteiger partial charge on any atom is -0.394 e. The molecule has 0 bridgehead atoms. The maximum atomic E-state index is 8.99. The molecule has 0 spiro atoms. The van der Waals surface area contributed by atoms with Gasteiger partial charge < -0.3 is 10.2 Å². The highest BCUT2D eigenvalue weighted by Gasteiger charge is 2.00. The molecule has 0 heterocycles. The van der Waals surface area contributed by atoms with Gasteiger partial charge in [-0.25, -0.2) is 0 Å². The third-order valence-electron chi connectivity index (χ3n) is 2.18. The molecule has 2 nitrogen and oxygen atoms in total. The molecule has 0 saturated carbocycles. The summed E-state index contributed by atoms with van der Waals surface area (Å²) in [5, 5.41) is 17.5. The molecule has 0 aliphatic rings. The van der Waals surface area contributed by atoms with Crippen molar-refractivity contribution in [3.63, 3.8) is 0 Å². The Balaban J connectivity index is 2.91. The van der Waals surface area contributed by atoms with Crippen molar-refractivity contribution in [1.29, 1.82) is 0 Å². The number of aliphatic hydroxyl groups is 2. The van der Waals surface area contributed by atoms with Crippen LogP contribution in [0.3, 0.4) is 0 Å². The van der Waals surface area contributed by atoms with E-state index in [0.29, 0.717) is 0 Å². The van der Waals surface area contributed by atoms with Crippen molar-refractivity contribution in [2.75, 3.05) is 6.61 Å². The molecule has 1 radical (unpaired) electrons. The average molecular weight is 187 g/mol. The summed E-state index contributed by atoms with van der Waals surface area (Å²) in [6.07, 6.45) is 9.74. The van der Waals surface area contributed by atoms with Gasteiger partial charge in [0.2, 0.25) is 0 Å². The summed E-state index contributed by atoms with van der Waals surface area (Å²) < 4.78 is 0. The summed E-state index contributed by atoms with van der Waals surface area (Å²) in [5.41, 5.74) is 0. The first-order valence-electron chi connectivity index (χ1n) is 5.43. The van der Waals surface area contributed by atoms with Gasteiger partial charge in [-0.1, -0.05) is 45.4 Å². The van der Waals surface area contributed by atoms with Crippen LogP contribution in [0.1, 0.15) is 51.9 Å². The Bertz CT molecular complexity index is 94.1. The number of aliphatic hydroxyl groups excluding tert-OH is 2. The molecule has 0 aromatic heterocycles. The van der Waals surface area contributed by atoms with Crippen molar-refractivity contribution in [1.82, 2.24) is 0 Å². The predicted octanol–water partition coefficient (Wildman–Crippen LogP) is 2.29. The van der Waals surface area contributed by atoms with Gasteiger partial charge in [-0.05, 0) is 12.8 Å². The van der Waals surface area contributed by atoms with Crippen LogP contribution in [-0.4, -0.2) is 22.9 Å². The van der Waals surface area contributed by atoms with E-state index in [4.69, 9.17) is 10.2 Å². The van der Waals surface area contributed by atoms with Crippen LogP contribution in [0.2, 0.25) is 0 Å². The number of rotatable bonds is 9. The Morgan fingerprint density at radius 3 is 2.31 bits per heavy atom. The second-order valence-electron chi connectivity index (χ2n) is 3.54. The van der Waals surface area contributed by atoms with Gasteiger partial charge in [-0.2, -0.15) is 0 Å². The first kappa shape index (κ1) is 12.9. The Kier molecular flexibility index (Phi) is 9.94. The molecule has 0 amide bonds. The molecular formula is C11H23O2. The van der Waals surface area contributed by atoms with Crippen molar-refractivity contribution in [2.24, 2.45) is 0 Å². The van der Waals surface area contributed by atoms with Crippen LogP contribution >= 0.6 is 0 Å². The first-order valence-corrected chi connectivity index (χ1v) is 5.43. The molecule has 0 aliphatic heterocycles. The van der Waals surface area contributed by atoms with Gasteiger partial charge in [0.1, 0.15) is 0 Å². The van der Waals surface area contributed by atoms with Crippen LogP contribution in [0, 0.1) is 6.42 Å². The van der Waals surface area contributed by atoms with Crippen molar-refractivity contribution in [2.45, 2.75) is 58.0 Å². The highest BCUT2D eigenvalue weighted by atomic mass is 16.3. The van der Waals surface area contributed by atoms with E-state index in [-0.39, 0.29) is 6.61 Å². The van der Waals surface area contributed by atoms with Gasteiger partial charge in [-0.15, -0.1) is 0 Å². The van der Waals surface area contributed by atoms with Crippen LogP contribution in [-0.2, 0) is 0 Å². The Hall–Kier alpha value is -0.0800. The maximum Gasteiger partial charge on any atom is 0.0802 e. The van der Waals surface area contributed by atoms with Crippen molar-refractivity contribution in [3.05, 3.63) is 6.42 Å². The molecule has 1 atom stereocenters. The predicted molar refractivity (Wildman–Crippen MR) is 55.4 cm³/mol. The van der Waals surface area contributed by atoms with E-state index >= 15 is 0 Å². The lowest BCUT2D eigenvalue weighted by Gasteiger charge is -2.05. The fraction of sp³-hybridized carbons (Fsp3) is 0.909. The molecule has 79 valence electrons. The maximum absolute atomic E-state index is 8.99. The molecule has 0 aromatic rings. The molecule has 2 heteroatoms. The lowest BCUT2D eigenvalue weighted by Crippen LogP contribution is -2.11. The smallest absolute Gasteiger partial charge is 0.0802 e. The van der Waals surface area contributed by atoms with E-state index in [1.54, 1.807) is 6.42 Å². The van der Waals surface area contributed by atoms with E-state index in [9.17, 15) is 0 Å². The summed E-state index contributed by atoms with van der Waals surface area (Å²) in [4.78, 5) is 0. The highest BCUT2D eigenvalue weighted by Crippen LogP contribution is 2.08. The zero-order chi connectivity index (χ0) is 9.94. The summed E-state index contributed by atoms with van der Waals surface area (Å²) in [6.45, 7) is 2.07. The normalized spacial score (nSPS) is 13.2. The van der Waals surface area contributed by atoms with Gasteiger partial charge in [0.05, 0.1) is 12.7 Å². The fourth-order valence-electron chi connectivity index (χ4n) is 1.31. The quantitative estimate of drug-likeness (QED) is 0.544. The van der Waals surface area contributed by atoms with Crippen LogP contribution in [0.5, 0.6) is 0 Å². The van der Waals surface area contributed by atoms with E-state index in [2.05, 4.69) is 6.92 Å². The van der Waals surface area contributed by atoms with Gasteiger partial charge in [0.25, 0.3) is 0 Å². The molecule has 0 aromatic carbocycles. The molecule has 1 unspecified atom stereocenters. The molecule has 13 heavy (non-hydrogen) atoms. The summed E-state index contributed by atoms with van der Waals surface area (Å²) >= 11 is 0. The van der Waals surface area contributed by atoms with E-state index in [1.807, 2.05) is 0 Å². The molecule has 2 N–H and O–H groups in total. The number of unbranched alkanes of at least 4 members (excludes halogenated alkanes) is 6. The van der Waals surface area contributed by atoms with E-state index < -0.39 is 6.10 Å². The van der Waals surface area contributed by atoms with Crippen LogP contribution < -0.4 is 0 Å². The minimum absolute atomic E-state index is 0.143. The zero-order valence-electron chi connectivity index (χ0n) is 8.71. The number of hydrogen-bond donors (Lipinski definition) is 2. The zero-order valence-corrected chi connectivity index (χ0v) is 8.71. The van der Waals surface area contributed by atoms with Gasteiger partial charge >= 0.3 is 0 Å². The topological polar surface area (TPSA) is 40.5 Å². The lowest BCUT2D eigenvalue weighted by atomic mass is 10.1. The monoisotopic (exact) mass is 187 g/mol. The Morgan fingerprint density at radius 1 is 1.08 bits per heavy atom. The van der Waals surface area contributed by atoms with Crippen molar-refractivity contribution < 1.29 is 10.2 Å². The van der Waals surface area contributed by atoms with Gasteiger partial charge in [0.15, 0.2) is 0 Å². The Morgan fingerprint density at radius 2 is 1.69 bits per heavy atom. The Labute approximate surface area is 82.0 Å². The van der Waals surface area contributed by atoms with E-state index in [0.717, 1.165) is 12.8 Å². The SMILES string of the molecule is CCCCCCCC[CH]C(O)CO. The summed E-state index contributed by atoms with van der Waals surface area (Å²) in [5.74, 6) is 0.